The molecule has 2 rings (SSSR count). The Bertz CT molecular complexity index is 366. The van der Waals surface area contributed by atoms with Crippen molar-refractivity contribution in [1.29, 1.82) is 0 Å². The van der Waals surface area contributed by atoms with Crippen LogP contribution in [0.15, 0.2) is 4.52 Å². The third kappa shape index (κ3) is 2.71. The number of carboxylic acids is 1. The van der Waals surface area contributed by atoms with Crippen molar-refractivity contribution in [2.45, 2.75) is 25.0 Å². The van der Waals surface area contributed by atoms with Crippen LogP contribution >= 0.6 is 11.8 Å². The molecule has 2 unspecified atom stereocenters. The summed E-state index contributed by atoms with van der Waals surface area (Å²) in [7, 11) is 0. The molecule has 0 aromatic carbocycles. The number of aliphatic carboxylic acids is 1. The zero-order chi connectivity index (χ0) is 10.8. The molecular weight excluding hydrogens is 216 g/mol. The highest BCUT2D eigenvalue weighted by molar-refractivity contribution is 7.99. The van der Waals surface area contributed by atoms with Crippen molar-refractivity contribution in [1.82, 2.24) is 10.1 Å². The molecule has 1 aromatic heterocycles. The molecule has 0 saturated heterocycles. The lowest BCUT2D eigenvalue weighted by Gasteiger charge is -1.90. The molecule has 1 heterocycles. The average Bonchev–Trinajstić information content (AvgIpc) is 2.73. The number of thioether (sulfide) groups is 1. The predicted molar refractivity (Wildman–Crippen MR) is 54.6 cm³/mol. The highest BCUT2D eigenvalue weighted by Gasteiger charge is 2.37. The quantitative estimate of drug-likeness (QED) is 0.823. The van der Waals surface area contributed by atoms with Crippen LogP contribution in [0.1, 0.15) is 31.0 Å². The van der Waals surface area contributed by atoms with Crippen molar-refractivity contribution in [3.05, 3.63) is 11.7 Å². The number of aromatic nitrogens is 2. The molecule has 0 amide bonds. The maximum atomic E-state index is 10.3. The predicted octanol–water partition coefficient (Wildman–Crippen LogP) is 1.51. The van der Waals surface area contributed by atoms with Crippen LogP contribution in [0.4, 0.5) is 0 Å². The number of rotatable bonds is 5. The smallest absolute Gasteiger partial charge is 0.313 e. The van der Waals surface area contributed by atoms with Crippen molar-refractivity contribution < 1.29 is 14.4 Å². The molecule has 5 nitrogen and oxygen atoms in total. The summed E-state index contributed by atoms with van der Waals surface area (Å²) >= 11 is 1.26. The van der Waals surface area contributed by atoms with Crippen LogP contribution in [-0.2, 0) is 10.5 Å². The van der Waals surface area contributed by atoms with Crippen LogP contribution in [0.2, 0.25) is 0 Å². The highest BCUT2D eigenvalue weighted by Crippen LogP contribution is 2.45. The van der Waals surface area contributed by atoms with Gasteiger partial charge >= 0.3 is 5.97 Å². The summed E-state index contributed by atoms with van der Waals surface area (Å²) < 4.78 is 5.02. The summed E-state index contributed by atoms with van der Waals surface area (Å²) in [5.41, 5.74) is 0. The zero-order valence-corrected chi connectivity index (χ0v) is 9.16. The van der Waals surface area contributed by atoms with Gasteiger partial charge in [-0.1, -0.05) is 12.1 Å². The molecule has 1 aliphatic rings. The van der Waals surface area contributed by atoms with E-state index in [1.54, 1.807) is 0 Å². The van der Waals surface area contributed by atoms with E-state index in [9.17, 15) is 4.79 Å². The first-order valence-corrected chi connectivity index (χ1v) is 5.94. The Kier molecular flexibility index (Phi) is 2.95. The van der Waals surface area contributed by atoms with Gasteiger partial charge in [-0.25, -0.2) is 0 Å². The van der Waals surface area contributed by atoms with E-state index in [4.69, 9.17) is 9.63 Å². The van der Waals surface area contributed by atoms with E-state index in [0.29, 0.717) is 23.5 Å². The van der Waals surface area contributed by atoms with Crippen molar-refractivity contribution >= 4 is 17.7 Å². The van der Waals surface area contributed by atoms with Gasteiger partial charge in [0.2, 0.25) is 5.89 Å². The summed E-state index contributed by atoms with van der Waals surface area (Å²) in [6.07, 6.45) is 1.13. The third-order valence-electron chi connectivity index (χ3n) is 2.38. The molecule has 15 heavy (non-hydrogen) atoms. The molecule has 1 aromatic rings. The van der Waals surface area contributed by atoms with Gasteiger partial charge in [0.15, 0.2) is 5.82 Å². The molecule has 2 atom stereocenters. The minimum Gasteiger partial charge on any atom is -0.481 e. The maximum absolute atomic E-state index is 10.3. The van der Waals surface area contributed by atoms with Gasteiger partial charge in [0.1, 0.15) is 0 Å². The summed E-state index contributed by atoms with van der Waals surface area (Å²) in [6.45, 7) is 2.15. The highest BCUT2D eigenvalue weighted by atomic mass is 32.2. The lowest BCUT2D eigenvalue weighted by Crippen LogP contribution is -1.98. The van der Waals surface area contributed by atoms with Crippen molar-refractivity contribution in [2.75, 3.05) is 5.75 Å². The van der Waals surface area contributed by atoms with Gasteiger partial charge in [-0.3, -0.25) is 4.79 Å². The van der Waals surface area contributed by atoms with Crippen LogP contribution in [0, 0.1) is 5.92 Å². The maximum Gasteiger partial charge on any atom is 0.313 e. The topological polar surface area (TPSA) is 76.2 Å². The first-order valence-electron chi connectivity index (χ1n) is 4.79. The second kappa shape index (κ2) is 4.22. The van der Waals surface area contributed by atoms with E-state index in [2.05, 4.69) is 17.1 Å². The Balaban J connectivity index is 1.82. The molecule has 0 bridgehead atoms. The molecule has 82 valence electrons. The van der Waals surface area contributed by atoms with E-state index in [1.165, 1.54) is 11.8 Å². The van der Waals surface area contributed by atoms with Crippen molar-refractivity contribution in [3.8, 4) is 0 Å². The lowest BCUT2D eigenvalue weighted by atomic mass is 10.3. The van der Waals surface area contributed by atoms with Crippen LogP contribution < -0.4 is 0 Å². The summed E-state index contributed by atoms with van der Waals surface area (Å²) in [6, 6.07) is 0. The zero-order valence-electron chi connectivity index (χ0n) is 8.34. The number of hydrogen-bond donors (Lipinski definition) is 1. The summed E-state index contributed by atoms with van der Waals surface area (Å²) in [5, 5.41) is 12.3. The Hall–Kier alpha value is -1.04. The van der Waals surface area contributed by atoms with Gasteiger partial charge in [-0.15, -0.1) is 11.8 Å². The monoisotopic (exact) mass is 228 g/mol. The second-order valence-corrected chi connectivity index (χ2v) is 4.74. The molecular formula is C9H12N2O3S. The molecule has 0 spiro atoms. The Morgan fingerprint density at radius 1 is 1.73 bits per heavy atom. The second-order valence-electron chi connectivity index (χ2n) is 3.75. The Morgan fingerprint density at radius 2 is 2.47 bits per heavy atom. The largest absolute Gasteiger partial charge is 0.481 e. The fraction of sp³-hybridized carbons (Fsp3) is 0.667. The summed E-state index contributed by atoms with van der Waals surface area (Å²) in [4.78, 5) is 14.5. The molecule has 1 saturated carbocycles. The van der Waals surface area contributed by atoms with Crippen molar-refractivity contribution in [2.24, 2.45) is 5.92 Å². The van der Waals surface area contributed by atoms with Crippen LogP contribution in [0.5, 0.6) is 0 Å². The standard InChI is InChI=1S/C9H12N2O3S/c1-5-2-6(5)9-10-7(14-11-9)3-15-4-8(12)13/h5-6H,2-4H2,1H3,(H,12,13). The molecule has 1 aliphatic carbocycles. The number of carbonyl (C=O) groups is 1. The van der Waals surface area contributed by atoms with E-state index in [-0.39, 0.29) is 5.75 Å². The Labute approximate surface area is 91.2 Å². The molecule has 0 aliphatic heterocycles. The number of carboxylic acid groups (broad SMARTS) is 1. The first kappa shape index (κ1) is 10.5. The van der Waals surface area contributed by atoms with Gasteiger partial charge in [-0.05, 0) is 12.3 Å². The van der Waals surface area contributed by atoms with Gasteiger partial charge < -0.3 is 9.63 Å². The minimum absolute atomic E-state index is 0.0670. The van der Waals surface area contributed by atoms with E-state index < -0.39 is 5.97 Å². The molecule has 1 fully saturated rings. The lowest BCUT2D eigenvalue weighted by molar-refractivity contribution is -0.133. The minimum atomic E-state index is -0.824. The summed E-state index contributed by atoms with van der Waals surface area (Å²) in [5.74, 6) is 2.12. The fourth-order valence-electron chi connectivity index (χ4n) is 1.38. The normalized spacial score (nSPS) is 24.1. The average molecular weight is 228 g/mol. The van der Waals surface area contributed by atoms with Crippen LogP contribution in [-0.4, -0.2) is 27.0 Å². The SMILES string of the molecule is CC1CC1c1noc(CSCC(=O)O)n1. The van der Waals surface area contributed by atoms with Gasteiger partial charge in [0, 0.05) is 5.92 Å². The van der Waals surface area contributed by atoms with Gasteiger partial charge in [0.05, 0.1) is 11.5 Å². The van der Waals surface area contributed by atoms with E-state index in [1.807, 2.05) is 0 Å². The molecule has 6 heteroatoms. The van der Waals surface area contributed by atoms with E-state index in [0.717, 1.165) is 12.2 Å². The first-order chi connectivity index (χ1) is 7.16. The van der Waals surface area contributed by atoms with E-state index >= 15 is 0 Å². The van der Waals surface area contributed by atoms with Gasteiger partial charge in [-0.2, -0.15) is 4.98 Å². The van der Waals surface area contributed by atoms with Crippen molar-refractivity contribution in [3.63, 3.8) is 0 Å². The fourth-order valence-corrected chi connectivity index (χ4v) is 1.95. The number of hydrogen-bond acceptors (Lipinski definition) is 5. The van der Waals surface area contributed by atoms with Gasteiger partial charge in [0.25, 0.3) is 0 Å². The van der Waals surface area contributed by atoms with Crippen LogP contribution in [0.25, 0.3) is 0 Å². The molecule has 0 radical (unpaired) electrons. The van der Waals surface area contributed by atoms with Crippen LogP contribution in [0.3, 0.4) is 0 Å². The molecule has 1 N–H and O–H groups in total. The Morgan fingerprint density at radius 3 is 3.07 bits per heavy atom. The third-order valence-corrected chi connectivity index (χ3v) is 3.28. The number of nitrogens with zero attached hydrogens (tertiary/aromatic N) is 2.